The highest BCUT2D eigenvalue weighted by Crippen LogP contribution is 2.36. The summed E-state index contributed by atoms with van der Waals surface area (Å²) < 4.78 is 25.0. The van der Waals surface area contributed by atoms with Crippen LogP contribution < -0.4 is 0 Å². The first-order chi connectivity index (χ1) is 39.4. The number of aromatic nitrogens is 7. The number of hydrogen-bond acceptors (Lipinski definition) is 10. The molecule has 0 aliphatic carbocycles. The molecule has 0 saturated carbocycles. The fourth-order valence-electron chi connectivity index (χ4n) is 10.1. The molecule has 16 heteroatoms. The van der Waals surface area contributed by atoms with Gasteiger partial charge in [0.15, 0.2) is 17.3 Å². The van der Waals surface area contributed by atoms with E-state index in [9.17, 15) is 0 Å². The highest BCUT2D eigenvalue weighted by Gasteiger charge is 2.27. The van der Waals surface area contributed by atoms with Gasteiger partial charge in [-0.15, -0.1) is 6.42 Å². The molecular weight excluding hydrogens is 1150 g/mol. The Morgan fingerprint density at radius 2 is 0.925 bits per heavy atom. The summed E-state index contributed by atoms with van der Waals surface area (Å²) in [5, 5.41) is 0.647. The van der Waals surface area contributed by atoms with Gasteiger partial charge in [0.1, 0.15) is 36.1 Å². The molecule has 0 bridgehead atoms. The quantitative estimate of drug-likeness (QED) is 0.151. The molecule has 0 N–H and O–H groups in total. The standard InChI is InChI=1S/C23H14ClN3O.C21H14BrN3O.C20H13BrN4O/c1-2-15-9-10-19-17(12-15)22(16-6-3-4-7-18(16)24)25-13-20-23(26-14-27(19)20)21-8-5-11-28-21;22-15-8-9-17-16(11-15)20(14-5-2-1-3-6-14)23-12-18-21(24-13-25(17)18)19-7-4-10-26-19;21-13-6-7-16-14(10-13)19(15-4-1-2-8-22-15)23-11-17-20(24-12-25(16)17)18-5-3-9-26-18/h1,3-12,14H,13H2;1-11,13H,12H2;1-10,12H,11H2. The number of fused-ring (bicyclic) bond motifs is 9. The van der Waals surface area contributed by atoms with Crippen LogP contribution in [0.25, 0.3) is 51.4 Å². The second-order valence-electron chi connectivity index (χ2n) is 18.4. The van der Waals surface area contributed by atoms with E-state index >= 15 is 0 Å². The Morgan fingerprint density at radius 3 is 1.43 bits per heavy atom. The first kappa shape index (κ1) is 50.1. The minimum atomic E-state index is 0.441. The van der Waals surface area contributed by atoms with Crippen molar-refractivity contribution in [1.82, 2.24) is 33.6 Å². The smallest absolute Gasteiger partial charge is 0.154 e. The minimum Gasteiger partial charge on any atom is -0.463 e. The van der Waals surface area contributed by atoms with E-state index in [0.29, 0.717) is 30.4 Å². The molecule has 0 fully saturated rings. The van der Waals surface area contributed by atoms with Gasteiger partial charge < -0.3 is 13.3 Å². The summed E-state index contributed by atoms with van der Waals surface area (Å²) in [6.07, 6.45) is 17.9. The van der Waals surface area contributed by atoms with Crippen molar-refractivity contribution in [3.8, 4) is 63.8 Å². The third-order valence-corrected chi connectivity index (χ3v) is 15.0. The second kappa shape index (κ2) is 21.8. The lowest BCUT2D eigenvalue weighted by molar-refractivity contribution is 0.579. The molecule has 386 valence electrons. The van der Waals surface area contributed by atoms with Crippen molar-refractivity contribution in [2.45, 2.75) is 19.6 Å². The molecule has 0 atom stereocenters. The summed E-state index contributed by atoms with van der Waals surface area (Å²) in [5.41, 5.74) is 17.7. The molecular formula is C64H41Br2ClN10O3. The first-order valence-electron chi connectivity index (χ1n) is 25.3. The van der Waals surface area contributed by atoms with Gasteiger partial charge >= 0.3 is 0 Å². The monoisotopic (exact) mass is 1190 g/mol. The lowest BCUT2D eigenvalue weighted by atomic mass is 9.98. The lowest BCUT2D eigenvalue weighted by Gasteiger charge is -2.13. The normalized spacial score (nSPS) is 12.8. The number of nitrogens with zero attached hydrogens (tertiary/aromatic N) is 10. The molecule has 3 aliphatic heterocycles. The van der Waals surface area contributed by atoms with Gasteiger partial charge in [-0.2, -0.15) is 0 Å². The molecule has 0 saturated heterocycles. The van der Waals surface area contributed by atoms with E-state index in [-0.39, 0.29) is 0 Å². The average Bonchev–Trinajstić information content (AvgIpc) is 4.42. The molecule has 0 spiro atoms. The zero-order valence-electron chi connectivity index (χ0n) is 42.2. The maximum Gasteiger partial charge on any atom is 0.154 e. The fourth-order valence-corrected chi connectivity index (χ4v) is 11.0. The van der Waals surface area contributed by atoms with E-state index in [1.54, 1.807) is 31.3 Å². The molecule has 7 aromatic heterocycles. The van der Waals surface area contributed by atoms with Gasteiger partial charge in [0.25, 0.3) is 0 Å². The van der Waals surface area contributed by atoms with Crippen LogP contribution in [0.2, 0.25) is 5.02 Å². The number of aliphatic imine (C=N–C) groups is 3. The van der Waals surface area contributed by atoms with Crippen molar-refractivity contribution < 1.29 is 13.3 Å². The van der Waals surface area contributed by atoms with Crippen molar-refractivity contribution in [1.29, 1.82) is 0 Å². The number of terminal acetylenes is 1. The zero-order valence-corrected chi connectivity index (χ0v) is 46.1. The summed E-state index contributed by atoms with van der Waals surface area (Å²) in [6.45, 7) is 1.47. The molecule has 0 amide bonds. The number of halogens is 3. The molecule has 5 aromatic carbocycles. The van der Waals surface area contributed by atoms with Gasteiger partial charge in [-0.05, 0) is 109 Å². The van der Waals surface area contributed by atoms with E-state index in [4.69, 9.17) is 46.3 Å². The van der Waals surface area contributed by atoms with E-state index in [1.165, 1.54) is 0 Å². The molecule has 0 radical (unpaired) electrons. The number of benzene rings is 5. The zero-order chi connectivity index (χ0) is 54.1. The van der Waals surface area contributed by atoms with Crippen LogP contribution in [-0.4, -0.2) is 50.8 Å². The van der Waals surface area contributed by atoms with Crippen LogP contribution in [0.5, 0.6) is 0 Å². The SMILES string of the molecule is Brc1ccc2c(c1)C(c1ccccc1)=NCc1c(-c3ccco3)ncn1-2.Brc1ccc2c(c1)C(c1ccccn1)=NCc1c(-c3ccco3)ncn1-2.C#Cc1ccc2c(c1)C(c1ccccc1Cl)=NCc1c(-c3ccco3)ncn1-2. The van der Waals surface area contributed by atoms with Crippen LogP contribution in [0.4, 0.5) is 0 Å². The molecule has 0 unspecified atom stereocenters. The van der Waals surface area contributed by atoms with Crippen molar-refractivity contribution in [2.75, 3.05) is 0 Å². The second-order valence-corrected chi connectivity index (χ2v) is 20.7. The predicted molar refractivity (Wildman–Crippen MR) is 317 cm³/mol. The van der Waals surface area contributed by atoms with Crippen LogP contribution in [0.15, 0.2) is 245 Å². The van der Waals surface area contributed by atoms with E-state index in [0.717, 1.165) is 128 Å². The fraction of sp³-hybridized carbons (Fsp3) is 0.0469. The first-order valence-corrected chi connectivity index (χ1v) is 27.2. The Bertz CT molecular complexity index is 4200. The summed E-state index contributed by atoms with van der Waals surface area (Å²) >= 11 is 13.7. The Labute approximate surface area is 480 Å². The maximum absolute atomic E-state index is 6.49. The summed E-state index contributed by atoms with van der Waals surface area (Å²) in [4.78, 5) is 33.0. The highest BCUT2D eigenvalue weighted by molar-refractivity contribution is 9.10. The minimum absolute atomic E-state index is 0.441. The number of pyridine rings is 1. The van der Waals surface area contributed by atoms with Crippen molar-refractivity contribution in [3.05, 3.63) is 278 Å². The average molecular weight is 1190 g/mol. The Balaban J connectivity index is 0.000000113. The molecule has 80 heavy (non-hydrogen) atoms. The van der Waals surface area contributed by atoms with Crippen LogP contribution in [0.3, 0.4) is 0 Å². The topological polar surface area (TPSA) is 143 Å². The number of rotatable bonds is 6. The Kier molecular flexibility index (Phi) is 13.6. The molecule has 3 aliphatic rings. The van der Waals surface area contributed by atoms with Crippen molar-refractivity contribution >= 4 is 60.6 Å². The molecule has 13 nitrogen and oxygen atoms in total. The van der Waals surface area contributed by atoms with Crippen LogP contribution in [-0.2, 0) is 19.6 Å². The van der Waals surface area contributed by atoms with Crippen LogP contribution >= 0.6 is 43.5 Å². The summed E-state index contributed by atoms with van der Waals surface area (Å²) in [7, 11) is 0. The van der Waals surface area contributed by atoms with Crippen LogP contribution in [0.1, 0.15) is 56.2 Å². The molecule has 10 heterocycles. The van der Waals surface area contributed by atoms with E-state index < -0.39 is 0 Å². The molecule has 15 rings (SSSR count). The summed E-state index contributed by atoms with van der Waals surface area (Å²) in [5.74, 6) is 4.93. The van der Waals surface area contributed by atoms with Crippen molar-refractivity contribution in [3.63, 3.8) is 0 Å². The highest BCUT2D eigenvalue weighted by atomic mass is 79.9. The number of imidazole rings is 3. The number of hydrogen-bond donors (Lipinski definition) is 0. The largest absolute Gasteiger partial charge is 0.463 e. The van der Waals surface area contributed by atoms with Crippen LogP contribution in [0, 0.1) is 12.3 Å². The van der Waals surface area contributed by atoms with Gasteiger partial charge in [0, 0.05) is 53.5 Å². The predicted octanol–water partition coefficient (Wildman–Crippen LogP) is 15.0. The van der Waals surface area contributed by atoms with Crippen molar-refractivity contribution in [2.24, 2.45) is 15.0 Å². The van der Waals surface area contributed by atoms with Gasteiger partial charge in [-0.1, -0.05) is 104 Å². The maximum atomic E-state index is 6.49. The Hall–Kier alpha value is -9.46. The lowest BCUT2D eigenvalue weighted by Crippen LogP contribution is -2.08. The van der Waals surface area contributed by atoms with E-state index in [1.807, 2.05) is 145 Å². The van der Waals surface area contributed by atoms with Gasteiger partial charge in [-0.3, -0.25) is 33.7 Å². The Morgan fingerprint density at radius 1 is 0.450 bits per heavy atom. The molecule has 12 aromatic rings. The third kappa shape index (κ3) is 9.49. The number of furan rings is 3. The van der Waals surface area contributed by atoms with Gasteiger partial charge in [0.2, 0.25) is 0 Å². The van der Waals surface area contributed by atoms with Gasteiger partial charge in [0.05, 0.1) is 95.4 Å². The summed E-state index contributed by atoms with van der Waals surface area (Å²) in [6, 6.07) is 53.5. The van der Waals surface area contributed by atoms with Gasteiger partial charge in [-0.25, -0.2) is 15.0 Å². The van der Waals surface area contributed by atoms with E-state index in [2.05, 4.69) is 103 Å². The third-order valence-electron chi connectivity index (χ3n) is 13.7.